The highest BCUT2D eigenvalue weighted by Gasteiger charge is 2.29. The molecule has 1 aromatic carbocycles. The summed E-state index contributed by atoms with van der Waals surface area (Å²) < 4.78 is 10.4. The van der Waals surface area contributed by atoms with Crippen LogP contribution in [-0.4, -0.2) is 36.9 Å². The molecule has 1 heterocycles. The summed E-state index contributed by atoms with van der Waals surface area (Å²) in [6, 6.07) is 9.50. The van der Waals surface area contributed by atoms with Crippen molar-refractivity contribution in [2.45, 2.75) is 38.7 Å². The third-order valence-electron chi connectivity index (χ3n) is 4.58. The maximum Gasteiger partial charge on any atom is 0.407 e. The average molecular weight is 349 g/mol. The summed E-state index contributed by atoms with van der Waals surface area (Å²) in [7, 11) is 0. The van der Waals surface area contributed by atoms with Gasteiger partial charge in [0.2, 0.25) is 0 Å². The minimum Gasteiger partial charge on any atom is -0.481 e. The number of alkyl carbamates (subject to hydrolysis) is 1. The van der Waals surface area contributed by atoms with Crippen LogP contribution in [0.15, 0.2) is 30.3 Å². The molecule has 1 aromatic rings. The molecule has 0 saturated carbocycles. The topological polar surface area (TPSA) is 84.9 Å². The predicted octanol–water partition coefficient (Wildman–Crippen LogP) is 3.21. The molecule has 6 heteroatoms. The summed E-state index contributed by atoms with van der Waals surface area (Å²) in [6.07, 6.45) is 3.35. The van der Waals surface area contributed by atoms with Gasteiger partial charge in [-0.1, -0.05) is 36.8 Å². The molecule has 1 amide bonds. The summed E-state index contributed by atoms with van der Waals surface area (Å²) in [4.78, 5) is 23.1. The van der Waals surface area contributed by atoms with E-state index in [0.29, 0.717) is 26.2 Å². The molecule has 0 radical (unpaired) electrons. The van der Waals surface area contributed by atoms with Crippen LogP contribution in [0.5, 0.6) is 0 Å². The summed E-state index contributed by atoms with van der Waals surface area (Å²) in [5.74, 6) is -0.828. The second-order valence-corrected chi connectivity index (χ2v) is 6.38. The number of carbonyl (C=O) groups excluding carboxylic acids is 1. The van der Waals surface area contributed by atoms with E-state index in [0.717, 1.165) is 31.2 Å². The molecule has 1 fully saturated rings. The zero-order chi connectivity index (χ0) is 17.9. The molecule has 1 unspecified atom stereocenters. The number of benzene rings is 1. The lowest BCUT2D eigenvalue weighted by Crippen LogP contribution is -2.29. The molecule has 1 aliphatic heterocycles. The van der Waals surface area contributed by atoms with E-state index in [2.05, 4.69) is 5.32 Å². The van der Waals surface area contributed by atoms with Crippen molar-refractivity contribution in [1.29, 1.82) is 0 Å². The molecular weight excluding hydrogens is 322 g/mol. The minimum absolute atomic E-state index is 0.204. The number of ether oxygens (including phenoxy) is 2. The van der Waals surface area contributed by atoms with Crippen LogP contribution in [0.25, 0.3) is 0 Å². The van der Waals surface area contributed by atoms with Crippen molar-refractivity contribution in [3.8, 4) is 0 Å². The summed E-state index contributed by atoms with van der Waals surface area (Å²) in [5, 5.41) is 12.1. The highest BCUT2D eigenvalue weighted by molar-refractivity contribution is 5.70. The van der Waals surface area contributed by atoms with Crippen molar-refractivity contribution in [1.82, 2.24) is 5.32 Å². The fourth-order valence-corrected chi connectivity index (χ4v) is 3.13. The van der Waals surface area contributed by atoms with Gasteiger partial charge in [0.1, 0.15) is 6.61 Å². The van der Waals surface area contributed by atoms with Gasteiger partial charge in [-0.25, -0.2) is 4.79 Å². The zero-order valence-electron chi connectivity index (χ0n) is 14.5. The van der Waals surface area contributed by atoms with Crippen molar-refractivity contribution >= 4 is 12.1 Å². The largest absolute Gasteiger partial charge is 0.481 e. The minimum atomic E-state index is -0.720. The fraction of sp³-hybridized carbons (Fsp3) is 0.579. The van der Waals surface area contributed by atoms with E-state index in [4.69, 9.17) is 9.47 Å². The van der Waals surface area contributed by atoms with Crippen molar-refractivity contribution in [3.05, 3.63) is 35.9 Å². The number of rotatable bonds is 9. The van der Waals surface area contributed by atoms with Gasteiger partial charge in [-0.3, -0.25) is 4.79 Å². The molecule has 0 bridgehead atoms. The fourth-order valence-electron chi connectivity index (χ4n) is 3.13. The predicted molar refractivity (Wildman–Crippen MR) is 93.1 cm³/mol. The van der Waals surface area contributed by atoms with E-state index in [-0.39, 0.29) is 18.4 Å². The highest BCUT2D eigenvalue weighted by atomic mass is 16.5. The molecule has 0 spiro atoms. The first-order chi connectivity index (χ1) is 12.2. The van der Waals surface area contributed by atoms with E-state index in [1.165, 1.54) is 0 Å². The van der Waals surface area contributed by atoms with Crippen LogP contribution < -0.4 is 5.32 Å². The molecule has 6 nitrogen and oxygen atoms in total. The number of nitrogens with one attached hydrogen (secondary N) is 1. The van der Waals surface area contributed by atoms with Gasteiger partial charge >= 0.3 is 12.1 Å². The zero-order valence-corrected chi connectivity index (χ0v) is 14.5. The number of carboxylic acid groups (broad SMARTS) is 1. The van der Waals surface area contributed by atoms with Crippen molar-refractivity contribution in [2.75, 3.05) is 19.8 Å². The molecule has 1 aliphatic rings. The van der Waals surface area contributed by atoms with Crippen molar-refractivity contribution in [3.63, 3.8) is 0 Å². The highest BCUT2D eigenvalue weighted by Crippen LogP contribution is 2.28. The van der Waals surface area contributed by atoms with Gasteiger partial charge < -0.3 is 19.9 Å². The van der Waals surface area contributed by atoms with E-state index in [1.54, 1.807) is 0 Å². The molecule has 2 rings (SSSR count). The van der Waals surface area contributed by atoms with Gasteiger partial charge in [0.05, 0.1) is 5.92 Å². The smallest absolute Gasteiger partial charge is 0.407 e. The quantitative estimate of drug-likeness (QED) is 0.669. The van der Waals surface area contributed by atoms with Crippen molar-refractivity contribution < 1.29 is 24.2 Å². The number of unbranched alkanes of at least 4 members (excludes halogenated alkanes) is 1. The van der Waals surface area contributed by atoms with Crippen LogP contribution in [0.3, 0.4) is 0 Å². The maximum atomic E-state index is 11.6. The SMILES string of the molecule is O=C(NCCCCC(C(=O)O)C1CCOCC1)OCc1ccccc1. The molecule has 2 N–H and O–H groups in total. The Morgan fingerprint density at radius 1 is 1.20 bits per heavy atom. The normalized spacial score (nSPS) is 16.2. The Hall–Kier alpha value is -2.08. The standard InChI is InChI=1S/C19H27NO5/c21-18(22)17(16-9-12-24-13-10-16)8-4-5-11-20-19(23)25-14-15-6-2-1-3-7-15/h1-3,6-7,16-17H,4-5,8-14H2,(H,20,23)(H,21,22). The molecule has 0 aromatic heterocycles. The molecule has 25 heavy (non-hydrogen) atoms. The number of carbonyl (C=O) groups is 2. The summed E-state index contributed by atoms with van der Waals surface area (Å²) >= 11 is 0. The van der Waals surface area contributed by atoms with Gasteiger partial charge in [0.15, 0.2) is 0 Å². The molecule has 1 atom stereocenters. The Bertz CT molecular complexity index is 528. The van der Waals surface area contributed by atoms with E-state index >= 15 is 0 Å². The summed E-state index contributed by atoms with van der Waals surface area (Å²) in [6.45, 7) is 2.05. The lowest BCUT2D eigenvalue weighted by atomic mass is 9.83. The number of aliphatic carboxylic acids is 1. The number of hydrogen-bond donors (Lipinski definition) is 2. The number of hydrogen-bond acceptors (Lipinski definition) is 4. The third kappa shape index (κ3) is 7.13. The first-order valence-electron chi connectivity index (χ1n) is 8.92. The van der Waals surface area contributed by atoms with Crippen LogP contribution in [0.4, 0.5) is 4.79 Å². The molecule has 1 saturated heterocycles. The lowest BCUT2D eigenvalue weighted by molar-refractivity contribution is -0.145. The Morgan fingerprint density at radius 3 is 2.60 bits per heavy atom. The van der Waals surface area contributed by atoms with E-state index in [1.807, 2.05) is 30.3 Å². The monoisotopic (exact) mass is 349 g/mol. The van der Waals surface area contributed by atoms with Crippen molar-refractivity contribution in [2.24, 2.45) is 11.8 Å². The van der Waals surface area contributed by atoms with Crippen LogP contribution in [-0.2, 0) is 20.9 Å². The molecule has 138 valence electrons. The Kier molecular flexibility index (Phi) is 8.25. The molecular formula is C19H27NO5. The lowest BCUT2D eigenvalue weighted by Gasteiger charge is -2.27. The Balaban J connectivity index is 1.58. The van der Waals surface area contributed by atoms with Gasteiger partial charge in [0, 0.05) is 19.8 Å². The Morgan fingerprint density at radius 2 is 1.92 bits per heavy atom. The van der Waals surface area contributed by atoms with E-state index in [9.17, 15) is 14.7 Å². The van der Waals surface area contributed by atoms with Crippen LogP contribution >= 0.6 is 0 Å². The van der Waals surface area contributed by atoms with Crippen LogP contribution in [0, 0.1) is 11.8 Å². The average Bonchev–Trinajstić information content (AvgIpc) is 2.64. The first-order valence-corrected chi connectivity index (χ1v) is 8.92. The maximum absolute atomic E-state index is 11.6. The van der Waals surface area contributed by atoms with Gasteiger partial charge in [-0.15, -0.1) is 0 Å². The molecule has 0 aliphatic carbocycles. The summed E-state index contributed by atoms with van der Waals surface area (Å²) in [5.41, 5.74) is 0.943. The third-order valence-corrected chi connectivity index (χ3v) is 4.58. The first kappa shape index (κ1) is 19.2. The second kappa shape index (κ2) is 10.7. The number of amides is 1. The van der Waals surface area contributed by atoms with E-state index < -0.39 is 12.1 Å². The second-order valence-electron chi connectivity index (χ2n) is 6.38. The van der Waals surface area contributed by atoms with Crippen LogP contribution in [0.2, 0.25) is 0 Å². The van der Waals surface area contributed by atoms with Gasteiger partial charge in [-0.05, 0) is 37.2 Å². The van der Waals surface area contributed by atoms with Gasteiger partial charge in [0.25, 0.3) is 0 Å². The van der Waals surface area contributed by atoms with Crippen LogP contribution in [0.1, 0.15) is 37.7 Å². The van der Waals surface area contributed by atoms with Gasteiger partial charge in [-0.2, -0.15) is 0 Å². The number of carboxylic acids is 1. The Labute approximate surface area is 148 Å².